The summed E-state index contributed by atoms with van der Waals surface area (Å²) in [5.74, 6) is 0.611. The molecule has 1 N–H and O–H groups in total. The summed E-state index contributed by atoms with van der Waals surface area (Å²) in [5.41, 5.74) is 0.907. The molecule has 0 atom stereocenters. The molecule has 0 saturated carbocycles. The van der Waals surface area contributed by atoms with Crippen molar-refractivity contribution in [3.63, 3.8) is 0 Å². The first-order valence-corrected chi connectivity index (χ1v) is 8.89. The molecule has 0 radical (unpaired) electrons. The van der Waals surface area contributed by atoms with Gasteiger partial charge in [0.15, 0.2) is 10.6 Å². The molecule has 2 heterocycles. The van der Waals surface area contributed by atoms with Crippen LogP contribution in [0.3, 0.4) is 0 Å². The molecule has 8 heteroatoms. The lowest BCUT2D eigenvalue weighted by Crippen LogP contribution is -2.30. The van der Waals surface area contributed by atoms with Gasteiger partial charge in [-0.15, -0.1) is 11.3 Å². The molecule has 1 aromatic carbocycles. The number of nitrogens with one attached hydrogen (secondary N) is 1. The second-order valence-electron chi connectivity index (χ2n) is 5.26. The molecule has 3 rings (SSSR count). The number of benzene rings is 1. The predicted octanol–water partition coefficient (Wildman–Crippen LogP) is 3.98. The van der Waals surface area contributed by atoms with Gasteiger partial charge in [0.05, 0.1) is 4.88 Å². The predicted molar refractivity (Wildman–Crippen MR) is 98.7 cm³/mol. The van der Waals surface area contributed by atoms with Crippen LogP contribution in [0.25, 0.3) is 10.7 Å². The third kappa shape index (κ3) is 3.58. The van der Waals surface area contributed by atoms with Crippen LogP contribution in [0.2, 0.25) is 5.02 Å². The quantitative estimate of drug-likeness (QED) is 0.683. The van der Waals surface area contributed by atoms with Gasteiger partial charge in [0.1, 0.15) is 6.54 Å². The number of aromatic amines is 1. The summed E-state index contributed by atoms with van der Waals surface area (Å²) in [5, 5.41) is 9.60. The zero-order chi connectivity index (χ0) is 17.1. The molecular formula is C16H15ClN4OS2. The van der Waals surface area contributed by atoms with Gasteiger partial charge < -0.3 is 4.90 Å². The van der Waals surface area contributed by atoms with E-state index in [9.17, 15) is 4.79 Å². The molecule has 1 amide bonds. The number of carbonyl (C=O) groups excluding carboxylic acids is 1. The Bertz CT molecular complexity index is 901. The number of aromatic nitrogens is 3. The minimum absolute atomic E-state index is 0.0646. The van der Waals surface area contributed by atoms with E-state index in [1.165, 1.54) is 0 Å². The number of hydrogen-bond acceptors (Lipinski definition) is 4. The van der Waals surface area contributed by atoms with E-state index in [0.29, 0.717) is 22.2 Å². The second kappa shape index (κ2) is 7.29. The van der Waals surface area contributed by atoms with E-state index >= 15 is 0 Å². The molecule has 2 aromatic heterocycles. The number of carbonyl (C=O) groups is 1. The second-order valence-corrected chi connectivity index (χ2v) is 7.00. The summed E-state index contributed by atoms with van der Waals surface area (Å²) < 4.78 is 2.14. The molecule has 24 heavy (non-hydrogen) atoms. The molecule has 0 aliphatic heterocycles. The first-order chi connectivity index (χ1) is 11.6. The van der Waals surface area contributed by atoms with Gasteiger partial charge in [-0.05, 0) is 35.3 Å². The average Bonchev–Trinajstić information content (AvgIpc) is 3.20. The maximum absolute atomic E-state index is 12.6. The van der Waals surface area contributed by atoms with Crippen LogP contribution < -0.4 is 0 Å². The Morgan fingerprint density at radius 2 is 2.17 bits per heavy atom. The summed E-state index contributed by atoms with van der Waals surface area (Å²) in [4.78, 5) is 15.2. The number of H-pyrrole nitrogens is 1. The lowest BCUT2D eigenvalue weighted by Gasteiger charge is -2.18. The lowest BCUT2D eigenvalue weighted by atomic mass is 10.2. The number of amides is 1. The normalized spacial score (nSPS) is 10.8. The van der Waals surface area contributed by atoms with Crippen LogP contribution in [-0.4, -0.2) is 32.6 Å². The van der Waals surface area contributed by atoms with Gasteiger partial charge in [0, 0.05) is 18.6 Å². The van der Waals surface area contributed by atoms with E-state index in [1.54, 1.807) is 27.9 Å². The number of hydrogen-bond donors (Lipinski definition) is 1. The van der Waals surface area contributed by atoms with Gasteiger partial charge in [-0.2, -0.15) is 5.10 Å². The van der Waals surface area contributed by atoms with Gasteiger partial charge in [-0.3, -0.25) is 14.5 Å². The van der Waals surface area contributed by atoms with Crippen molar-refractivity contribution >= 4 is 41.1 Å². The van der Waals surface area contributed by atoms with Crippen molar-refractivity contribution in [2.24, 2.45) is 0 Å². The Morgan fingerprint density at radius 3 is 2.88 bits per heavy atom. The van der Waals surface area contributed by atoms with Gasteiger partial charge in [-0.1, -0.05) is 35.9 Å². The first-order valence-electron chi connectivity index (χ1n) is 7.22. The van der Waals surface area contributed by atoms with Crippen molar-refractivity contribution in [3.8, 4) is 10.7 Å². The molecule has 3 aromatic rings. The molecular weight excluding hydrogens is 364 g/mol. The smallest absolute Gasteiger partial charge is 0.242 e. The standard InChI is InChI=1S/C16H15ClN4OS2/c1-20(9-11-5-2-3-6-12(11)17)14(22)10-21-15(18-19-16(21)23)13-7-4-8-24-13/h2-8H,9-10H2,1H3,(H,19,23). The minimum Gasteiger partial charge on any atom is -0.340 e. The summed E-state index contributed by atoms with van der Waals surface area (Å²) >= 11 is 13.0. The van der Waals surface area contributed by atoms with Gasteiger partial charge in [0.25, 0.3) is 0 Å². The molecule has 0 spiro atoms. The molecule has 0 fully saturated rings. The van der Waals surface area contributed by atoms with E-state index in [4.69, 9.17) is 23.8 Å². The summed E-state index contributed by atoms with van der Waals surface area (Å²) in [7, 11) is 1.75. The molecule has 0 unspecified atom stereocenters. The Morgan fingerprint density at radius 1 is 1.38 bits per heavy atom. The van der Waals surface area contributed by atoms with Crippen LogP contribution in [0.1, 0.15) is 5.56 Å². The minimum atomic E-state index is -0.0646. The molecule has 5 nitrogen and oxygen atoms in total. The molecule has 0 aliphatic rings. The summed E-state index contributed by atoms with van der Waals surface area (Å²) in [6.07, 6.45) is 0. The Kier molecular flexibility index (Phi) is 5.13. The zero-order valence-electron chi connectivity index (χ0n) is 12.9. The Balaban J connectivity index is 1.77. The van der Waals surface area contributed by atoms with E-state index in [1.807, 2.05) is 41.8 Å². The van der Waals surface area contributed by atoms with Crippen molar-refractivity contribution < 1.29 is 4.79 Å². The van der Waals surface area contributed by atoms with Gasteiger partial charge >= 0.3 is 0 Å². The van der Waals surface area contributed by atoms with Crippen LogP contribution in [0.4, 0.5) is 0 Å². The van der Waals surface area contributed by atoms with Crippen LogP contribution in [0.15, 0.2) is 41.8 Å². The SMILES string of the molecule is CN(Cc1ccccc1Cl)C(=O)Cn1c(-c2cccs2)n[nH]c1=S. The summed E-state index contributed by atoms with van der Waals surface area (Å²) in [6, 6.07) is 11.4. The highest BCUT2D eigenvalue weighted by Gasteiger charge is 2.16. The van der Waals surface area contributed by atoms with Crippen molar-refractivity contribution in [1.29, 1.82) is 0 Å². The number of nitrogens with zero attached hydrogens (tertiary/aromatic N) is 3. The number of thiophene rings is 1. The van der Waals surface area contributed by atoms with E-state index in [-0.39, 0.29) is 12.5 Å². The maximum Gasteiger partial charge on any atom is 0.242 e. The fourth-order valence-corrected chi connectivity index (χ4v) is 3.40. The highest BCUT2D eigenvalue weighted by Crippen LogP contribution is 2.23. The van der Waals surface area contributed by atoms with Crippen molar-refractivity contribution in [2.45, 2.75) is 13.1 Å². The van der Waals surface area contributed by atoms with Gasteiger partial charge in [-0.25, -0.2) is 0 Å². The molecule has 0 bridgehead atoms. The third-order valence-corrected chi connectivity index (χ3v) is 5.13. The van der Waals surface area contributed by atoms with Crippen molar-refractivity contribution in [1.82, 2.24) is 19.7 Å². The van der Waals surface area contributed by atoms with Crippen LogP contribution in [0, 0.1) is 4.77 Å². The number of halogens is 1. The number of likely N-dealkylation sites (N-methyl/N-ethyl adjacent to an activating group) is 1. The average molecular weight is 379 g/mol. The lowest BCUT2D eigenvalue weighted by molar-refractivity contribution is -0.131. The van der Waals surface area contributed by atoms with Crippen LogP contribution in [-0.2, 0) is 17.9 Å². The maximum atomic E-state index is 12.6. The van der Waals surface area contributed by atoms with Crippen molar-refractivity contribution in [2.75, 3.05) is 7.05 Å². The Labute approximate surface area is 153 Å². The highest BCUT2D eigenvalue weighted by atomic mass is 35.5. The zero-order valence-corrected chi connectivity index (χ0v) is 15.3. The van der Waals surface area contributed by atoms with Gasteiger partial charge in [0.2, 0.25) is 5.91 Å². The number of rotatable bonds is 5. The van der Waals surface area contributed by atoms with E-state index in [2.05, 4.69) is 10.2 Å². The third-order valence-electron chi connectivity index (χ3n) is 3.58. The summed E-state index contributed by atoms with van der Waals surface area (Å²) in [6.45, 7) is 0.571. The monoisotopic (exact) mass is 378 g/mol. The first kappa shape index (κ1) is 16.9. The Hall–Kier alpha value is -1.96. The molecule has 124 valence electrons. The fourth-order valence-electron chi connectivity index (χ4n) is 2.28. The van der Waals surface area contributed by atoms with E-state index in [0.717, 1.165) is 10.4 Å². The highest BCUT2D eigenvalue weighted by molar-refractivity contribution is 7.71. The largest absolute Gasteiger partial charge is 0.340 e. The molecule has 0 aliphatic carbocycles. The van der Waals surface area contributed by atoms with Crippen molar-refractivity contribution in [3.05, 3.63) is 57.1 Å². The molecule has 0 saturated heterocycles. The topological polar surface area (TPSA) is 53.9 Å². The van der Waals surface area contributed by atoms with E-state index < -0.39 is 0 Å². The van der Waals surface area contributed by atoms with Crippen LogP contribution >= 0.6 is 35.2 Å². The fraction of sp³-hybridized carbons (Fsp3) is 0.188. The van der Waals surface area contributed by atoms with Crippen LogP contribution in [0.5, 0.6) is 0 Å².